The number of aromatic nitrogens is 3. The molecule has 3 aromatic rings. The Labute approximate surface area is 184 Å². The van der Waals surface area contributed by atoms with Gasteiger partial charge < -0.3 is 15.2 Å². The number of aromatic amines is 1. The predicted octanol–water partition coefficient (Wildman–Crippen LogP) is 1.84. The third-order valence-corrected chi connectivity index (χ3v) is 6.45. The van der Waals surface area contributed by atoms with Crippen molar-refractivity contribution in [1.29, 1.82) is 0 Å². The van der Waals surface area contributed by atoms with Gasteiger partial charge in [0.05, 0.1) is 22.9 Å². The summed E-state index contributed by atoms with van der Waals surface area (Å²) in [5, 5.41) is 2.40. The lowest BCUT2D eigenvalue weighted by Crippen LogP contribution is -2.68. The van der Waals surface area contributed by atoms with Gasteiger partial charge in [0.25, 0.3) is 11.5 Å². The fourth-order valence-electron chi connectivity index (χ4n) is 4.88. The molecule has 3 aliphatic rings. The van der Waals surface area contributed by atoms with Crippen LogP contribution in [0.1, 0.15) is 35.0 Å². The van der Waals surface area contributed by atoms with Gasteiger partial charge in [-0.3, -0.25) is 19.5 Å². The first-order valence-electron chi connectivity index (χ1n) is 10.9. The molecule has 3 saturated heterocycles. The van der Waals surface area contributed by atoms with Gasteiger partial charge >= 0.3 is 0 Å². The van der Waals surface area contributed by atoms with E-state index < -0.39 is 11.7 Å². The number of carbonyl (C=O) groups is 1. The molecule has 0 radical (unpaired) electrons. The molecule has 3 fully saturated rings. The van der Waals surface area contributed by atoms with Gasteiger partial charge in [0.1, 0.15) is 0 Å². The number of nitrogens with one attached hydrogen (secondary N) is 2. The van der Waals surface area contributed by atoms with Crippen LogP contribution in [-0.2, 0) is 13.0 Å². The smallest absolute Gasteiger partial charge is 0.272 e. The summed E-state index contributed by atoms with van der Waals surface area (Å²) in [5.41, 5.74) is 3.82. The van der Waals surface area contributed by atoms with Crippen LogP contribution in [0.15, 0.2) is 35.4 Å². The quantitative estimate of drug-likeness (QED) is 0.634. The van der Waals surface area contributed by atoms with Gasteiger partial charge in [-0.2, -0.15) is 0 Å². The number of piperidine rings is 1. The fraction of sp³-hybridized carbons (Fsp3) is 0.391. The molecule has 0 aliphatic carbocycles. The number of halogens is 1. The van der Waals surface area contributed by atoms with Crippen molar-refractivity contribution in [2.45, 2.75) is 38.4 Å². The van der Waals surface area contributed by atoms with Crippen LogP contribution in [0.4, 0.5) is 10.1 Å². The molecule has 32 heavy (non-hydrogen) atoms. The summed E-state index contributed by atoms with van der Waals surface area (Å²) in [4.78, 5) is 39.9. The molecule has 2 N–H and O–H groups in total. The Morgan fingerprint density at radius 2 is 2.00 bits per heavy atom. The average molecular weight is 436 g/mol. The van der Waals surface area contributed by atoms with Crippen LogP contribution in [0, 0.1) is 5.82 Å². The van der Waals surface area contributed by atoms with Crippen LogP contribution in [0.5, 0.6) is 0 Å². The van der Waals surface area contributed by atoms with Crippen molar-refractivity contribution in [2.75, 3.05) is 25.0 Å². The second kappa shape index (κ2) is 7.98. The highest BCUT2D eigenvalue weighted by Gasteiger charge is 2.44. The van der Waals surface area contributed by atoms with Crippen LogP contribution < -0.4 is 15.8 Å². The number of nitrogens with zero attached hydrogens (tertiary/aromatic N) is 4. The number of pyridine rings is 3. The van der Waals surface area contributed by atoms with Crippen molar-refractivity contribution in [2.24, 2.45) is 0 Å². The molecular formula is C23H25FN6O2. The normalized spacial score (nSPS) is 20.3. The number of aryl methyl sites for hydroxylation is 1. The molecule has 0 saturated carbocycles. The zero-order chi connectivity index (χ0) is 22.4. The zero-order valence-corrected chi connectivity index (χ0v) is 18.1. The predicted molar refractivity (Wildman–Crippen MR) is 119 cm³/mol. The molecule has 9 heteroatoms. The zero-order valence-electron chi connectivity index (χ0n) is 18.1. The van der Waals surface area contributed by atoms with Gasteiger partial charge in [0.15, 0.2) is 11.5 Å². The molecule has 3 aliphatic heterocycles. The van der Waals surface area contributed by atoms with E-state index in [-0.39, 0.29) is 23.3 Å². The van der Waals surface area contributed by atoms with E-state index >= 15 is 0 Å². The number of fused-ring (bicyclic) bond motifs is 3. The number of rotatable bonds is 5. The molecule has 6 heterocycles. The minimum atomic E-state index is -0.605. The van der Waals surface area contributed by atoms with Crippen LogP contribution in [0.2, 0.25) is 0 Å². The van der Waals surface area contributed by atoms with Crippen molar-refractivity contribution in [3.63, 3.8) is 0 Å². The highest BCUT2D eigenvalue weighted by Crippen LogP contribution is 2.37. The highest BCUT2D eigenvalue weighted by molar-refractivity contribution is 5.92. The Bertz CT molecular complexity index is 1250. The average Bonchev–Trinajstić information content (AvgIpc) is 2.78. The molecule has 8 nitrogen and oxygen atoms in total. The van der Waals surface area contributed by atoms with E-state index in [1.165, 1.54) is 13.1 Å². The van der Waals surface area contributed by atoms with Crippen LogP contribution in [-0.4, -0.2) is 58.0 Å². The maximum absolute atomic E-state index is 14.4. The van der Waals surface area contributed by atoms with Crippen LogP contribution in [0.25, 0.3) is 11.0 Å². The van der Waals surface area contributed by atoms with E-state index in [0.717, 1.165) is 48.2 Å². The van der Waals surface area contributed by atoms with Gasteiger partial charge in [-0.25, -0.2) is 9.37 Å². The van der Waals surface area contributed by atoms with Gasteiger partial charge in [-0.05, 0) is 30.5 Å². The molecule has 0 spiro atoms. The number of amides is 1. The van der Waals surface area contributed by atoms with Crippen molar-refractivity contribution in [3.8, 4) is 0 Å². The van der Waals surface area contributed by atoms with Gasteiger partial charge in [-0.15, -0.1) is 0 Å². The molecule has 1 amide bonds. The van der Waals surface area contributed by atoms with E-state index in [1.54, 1.807) is 6.20 Å². The Hall–Kier alpha value is -3.33. The maximum Gasteiger partial charge on any atom is 0.272 e. The number of anilines is 1. The van der Waals surface area contributed by atoms with E-state index in [9.17, 15) is 14.0 Å². The number of hydrogen-bond donors (Lipinski definition) is 2. The Kier molecular flexibility index (Phi) is 5.13. The standard InChI is InChI=1S/C23H25FN6O2/c1-3-14-5-19-20(28-22(14)31)4-13(8-26-19)10-29-11-16-6-17(12-29)30(16)15-7-18(24)21(27-9-15)23(32)25-2/h4-5,7-9,16-17H,3,6,10-12H2,1-2H3,(H,25,32)(H,28,31). The molecule has 166 valence electrons. The van der Waals surface area contributed by atoms with E-state index in [2.05, 4.69) is 30.1 Å². The number of carbonyl (C=O) groups excluding carboxylic acids is 1. The van der Waals surface area contributed by atoms with Gasteiger partial charge in [-0.1, -0.05) is 6.92 Å². The molecule has 3 aromatic heterocycles. The molecule has 2 atom stereocenters. The minimum absolute atomic E-state index is 0.0583. The highest BCUT2D eigenvalue weighted by atomic mass is 19.1. The molecule has 6 rings (SSSR count). The summed E-state index contributed by atoms with van der Waals surface area (Å²) in [6, 6.07) is 5.81. The Morgan fingerprint density at radius 1 is 1.22 bits per heavy atom. The summed E-state index contributed by atoms with van der Waals surface area (Å²) >= 11 is 0. The van der Waals surface area contributed by atoms with Crippen LogP contribution >= 0.6 is 0 Å². The largest absolute Gasteiger partial charge is 0.361 e. The van der Waals surface area contributed by atoms with Crippen molar-refractivity contribution >= 4 is 22.6 Å². The SMILES string of the molecule is CCc1cc2ncc(CN3CC4CC(C3)N4c3cnc(C(=O)NC)c(F)c3)cc2[nH]c1=O. The maximum atomic E-state index is 14.4. The molecule has 2 unspecified atom stereocenters. The van der Waals surface area contributed by atoms with Crippen LogP contribution in [0.3, 0.4) is 0 Å². The monoisotopic (exact) mass is 436 g/mol. The first-order valence-corrected chi connectivity index (χ1v) is 10.9. The summed E-state index contributed by atoms with van der Waals surface area (Å²) in [6.45, 7) is 4.39. The number of H-pyrrole nitrogens is 1. The molecular weight excluding hydrogens is 411 g/mol. The summed E-state index contributed by atoms with van der Waals surface area (Å²) in [6.07, 6.45) is 5.18. The van der Waals surface area contributed by atoms with E-state index in [0.29, 0.717) is 12.1 Å². The number of piperazine rings is 1. The summed E-state index contributed by atoms with van der Waals surface area (Å²) in [5.74, 6) is -1.13. The van der Waals surface area contributed by atoms with Gasteiger partial charge in [0, 0.05) is 56.6 Å². The lowest BCUT2D eigenvalue weighted by molar-refractivity contribution is 0.0953. The third kappa shape index (κ3) is 3.52. The van der Waals surface area contributed by atoms with Crippen molar-refractivity contribution < 1.29 is 9.18 Å². The van der Waals surface area contributed by atoms with E-state index in [1.807, 2.05) is 25.3 Å². The Morgan fingerprint density at radius 3 is 2.69 bits per heavy atom. The lowest BCUT2D eigenvalue weighted by Gasteiger charge is -2.57. The van der Waals surface area contributed by atoms with Crippen molar-refractivity contribution in [1.82, 2.24) is 25.2 Å². The third-order valence-electron chi connectivity index (χ3n) is 6.45. The molecule has 0 aromatic carbocycles. The molecule has 2 bridgehead atoms. The topological polar surface area (TPSA) is 94.2 Å². The summed E-state index contributed by atoms with van der Waals surface area (Å²) < 4.78 is 14.4. The summed E-state index contributed by atoms with van der Waals surface area (Å²) in [7, 11) is 1.46. The number of hydrogen-bond acceptors (Lipinski definition) is 6. The Balaban J connectivity index is 1.28. The second-order valence-corrected chi connectivity index (χ2v) is 8.50. The second-order valence-electron chi connectivity index (χ2n) is 8.50. The fourth-order valence-corrected chi connectivity index (χ4v) is 4.88. The van der Waals surface area contributed by atoms with Crippen molar-refractivity contribution in [3.05, 3.63) is 63.6 Å². The van der Waals surface area contributed by atoms with Gasteiger partial charge in [0.2, 0.25) is 0 Å². The van der Waals surface area contributed by atoms with E-state index in [4.69, 9.17) is 0 Å². The minimum Gasteiger partial charge on any atom is -0.361 e. The lowest BCUT2D eigenvalue weighted by atomic mass is 9.86. The first-order chi connectivity index (χ1) is 15.5. The first kappa shape index (κ1) is 20.6.